The SMILES string of the molecule is CCNC(=O)[C@@H](Cc1ccccc1)N(Cc1ccccc1F)C(=O)CN(c1cccc(C)c1)S(C)(=O)=O. The van der Waals surface area contributed by atoms with Crippen molar-refractivity contribution in [2.45, 2.75) is 32.9 Å². The van der Waals surface area contributed by atoms with Crippen LogP contribution >= 0.6 is 0 Å². The highest BCUT2D eigenvalue weighted by Crippen LogP contribution is 2.22. The Balaban J connectivity index is 2.05. The third-order valence-corrected chi connectivity index (χ3v) is 7.03. The highest BCUT2D eigenvalue weighted by molar-refractivity contribution is 7.92. The first-order valence-corrected chi connectivity index (χ1v) is 13.8. The van der Waals surface area contributed by atoms with Crippen molar-refractivity contribution in [3.05, 3.63) is 101 Å². The Labute approximate surface area is 218 Å². The van der Waals surface area contributed by atoms with E-state index in [2.05, 4.69) is 5.32 Å². The summed E-state index contributed by atoms with van der Waals surface area (Å²) in [5.41, 5.74) is 2.19. The molecule has 0 unspecified atom stereocenters. The van der Waals surface area contributed by atoms with E-state index >= 15 is 0 Å². The Kier molecular flexibility index (Phi) is 9.41. The van der Waals surface area contributed by atoms with Gasteiger partial charge >= 0.3 is 0 Å². The summed E-state index contributed by atoms with van der Waals surface area (Å²) in [6, 6.07) is 21.0. The molecule has 2 amide bonds. The summed E-state index contributed by atoms with van der Waals surface area (Å²) < 4.78 is 41.1. The number of hydrogen-bond acceptors (Lipinski definition) is 4. The smallest absolute Gasteiger partial charge is 0.244 e. The lowest BCUT2D eigenvalue weighted by atomic mass is 10.0. The van der Waals surface area contributed by atoms with E-state index in [1.165, 1.54) is 11.0 Å². The first kappa shape index (κ1) is 27.9. The first-order valence-electron chi connectivity index (χ1n) is 12.0. The van der Waals surface area contributed by atoms with Crippen molar-refractivity contribution in [2.24, 2.45) is 0 Å². The molecule has 0 saturated heterocycles. The second kappa shape index (κ2) is 12.5. The van der Waals surface area contributed by atoms with Crippen LogP contribution in [-0.4, -0.2) is 50.5 Å². The quantitative estimate of drug-likeness (QED) is 0.414. The summed E-state index contributed by atoms with van der Waals surface area (Å²) in [6.45, 7) is 3.18. The van der Waals surface area contributed by atoms with Gasteiger partial charge in [-0.3, -0.25) is 13.9 Å². The number of carbonyl (C=O) groups is 2. The fraction of sp³-hybridized carbons (Fsp3) is 0.286. The number of nitrogens with zero attached hydrogens (tertiary/aromatic N) is 2. The van der Waals surface area contributed by atoms with Gasteiger partial charge in [-0.05, 0) is 43.2 Å². The summed E-state index contributed by atoms with van der Waals surface area (Å²) in [6.07, 6.45) is 1.20. The van der Waals surface area contributed by atoms with Gasteiger partial charge in [-0.2, -0.15) is 0 Å². The molecule has 0 bridgehead atoms. The minimum absolute atomic E-state index is 0.177. The summed E-state index contributed by atoms with van der Waals surface area (Å²) >= 11 is 0. The van der Waals surface area contributed by atoms with Crippen molar-refractivity contribution in [2.75, 3.05) is 23.7 Å². The molecule has 196 valence electrons. The van der Waals surface area contributed by atoms with Gasteiger partial charge < -0.3 is 10.2 Å². The van der Waals surface area contributed by atoms with Crippen molar-refractivity contribution >= 4 is 27.5 Å². The van der Waals surface area contributed by atoms with Crippen LogP contribution in [0.25, 0.3) is 0 Å². The van der Waals surface area contributed by atoms with Crippen LogP contribution < -0.4 is 9.62 Å². The average Bonchev–Trinajstić information content (AvgIpc) is 2.85. The summed E-state index contributed by atoms with van der Waals surface area (Å²) in [5.74, 6) is -1.55. The van der Waals surface area contributed by atoms with E-state index in [9.17, 15) is 22.4 Å². The first-order chi connectivity index (χ1) is 17.6. The number of rotatable bonds is 11. The van der Waals surface area contributed by atoms with Crippen LogP contribution in [0.3, 0.4) is 0 Å². The van der Waals surface area contributed by atoms with Crippen molar-refractivity contribution in [3.63, 3.8) is 0 Å². The number of nitrogens with one attached hydrogen (secondary N) is 1. The Morgan fingerprint density at radius 1 is 0.973 bits per heavy atom. The largest absolute Gasteiger partial charge is 0.355 e. The van der Waals surface area contributed by atoms with E-state index in [1.54, 1.807) is 43.3 Å². The van der Waals surface area contributed by atoms with Crippen LogP contribution in [0, 0.1) is 12.7 Å². The van der Waals surface area contributed by atoms with Crippen LogP contribution in [0.5, 0.6) is 0 Å². The highest BCUT2D eigenvalue weighted by atomic mass is 32.2. The average molecular weight is 526 g/mol. The topological polar surface area (TPSA) is 86.8 Å². The molecule has 3 aromatic rings. The molecular formula is C28H32FN3O4S. The van der Waals surface area contributed by atoms with E-state index in [0.717, 1.165) is 21.7 Å². The fourth-order valence-corrected chi connectivity index (χ4v) is 4.89. The molecule has 0 radical (unpaired) electrons. The van der Waals surface area contributed by atoms with Gasteiger partial charge in [-0.1, -0.05) is 60.7 Å². The van der Waals surface area contributed by atoms with Gasteiger partial charge in [0.25, 0.3) is 0 Å². The molecule has 0 heterocycles. The molecule has 0 saturated carbocycles. The number of anilines is 1. The van der Waals surface area contributed by atoms with E-state index in [0.29, 0.717) is 12.2 Å². The Morgan fingerprint density at radius 2 is 1.65 bits per heavy atom. The zero-order chi connectivity index (χ0) is 27.0. The maximum atomic E-state index is 14.7. The predicted octanol–water partition coefficient (Wildman–Crippen LogP) is 3.68. The third kappa shape index (κ3) is 7.63. The Bertz CT molecular complexity index is 1330. The Morgan fingerprint density at radius 3 is 2.27 bits per heavy atom. The standard InChI is InChI=1S/C28H32FN3O4S/c1-4-30-28(34)26(18-22-12-6-5-7-13-22)31(19-23-14-8-9-16-25(23)29)27(33)20-32(37(3,35)36)24-15-10-11-21(2)17-24/h5-17,26H,4,18-20H2,1-3H3,(H,30,34)/t26-/m1/s1. The summed E-state index contributed by atoms with van der Waals surface area (Å²) in [7, 11) is -3.85. The van der Waals surface area contributed by atoms with E-state index < -0.39 is 40.2 Å². The maximum absolute atomic E-state index is 14.7. The van der Waals surface area contributed by atoms with E-state index in [-0.39, 0.29) is 18.5 Å². The molecule has 3 rings (SSSR count). The monoisotopic (exact) mass is 525 g/mol. The minimum Gasteiger partial charge on any atom is -0.355 e. The Hall–Kier alpha value is -3.72. The minimum atomic E-state index is -3.85. The fourth-order valence-electron chi connectivity index (χ4n) is 4.05. The lowest BCUT2D eigenvalue weighted by Gasteiger charge is -2.33. The molecule has 0 aliphatic heterocycles. The van der Waals surface area contributed by atoms with Crippen molar-refractivity contribution < 1.29 is 22.4 Å². The van der Waals surface area contributed by atoms with Crippen LogP contribution in [0.4, 0.5) is 10.1 Å². The predicted molar refractivity (Wildman–Crippen MR) is 143 cm³/mol. The second-order valence-corrected chi connectivity index (χ2v) is 10.7. The van der Waals surface area contributed by atoms with Gasteiger partial charge in [0.1, 0.15) is 18.4 Å². The van der Waals surface area contributed by atoms with Crippen LogP contribution in [0.15, 0.2) is 78.9 Å². The number of benzene rings is 3. The number of sulfonamides is 1. The molecule has 0 aliphatic rings. The van der Waals surface area contributed by atoms with Gasteiger partial charge in [0.2, 0.25) is 21.8 Å². The van der Waals surface area contributed by atoms with Crippen LogP contribution in [-0.2, 0) is 32.6 Å². The van der Waals surface area contributed by atoms with Gasteiger partial charge in [0.15, 0.2) is 0 Å². The molecule has 9 heteroatoms. The molecule has 0 spiro atoms. The number of hydrogen-bond donors (Lipinski definition) is 1. The van der Waals surface area contributed by atoms with Gasteiger partial charge in [0.05, 0.1) is 11.9 Å². The maximum Gasteiger partial charge on any atom is 0.244 e. The molecular weight excluding hydrogens is 493 g/mol. The zero-order valence-electron chi connectivity index (χ0n) is 21.2. The molecule has 37 heavy (non-hydrogen) atoms. The van der Waals surface area contributed by atoms with E-state index in [1.807, 2.05) is 43.3 Å². The molecule has 0 aromatic heterocycles. The van der Waals surface area contributed by atoms with E-state index in [4.69, 9.17) is 0 Å². The zero-order valence-corrected chi connectivity index (χ0v) is 22.0. The molecule has 1 N–H and O–H groups in total. The molecule has 0 fully saturated rings. The number of aryl methyl sites for hydroxylation is 1. The van der Waals surface area contributed by atoms with Gasteiger partial charge in [-0.15, -0.1) is 0 Å². The normalized spacial score (nSPS) is 12.0. The molecule has 7 nitrogen and oxygen atoms in total. The number of amides is 2. The highest BCUT2D eigenvalue weighted by Gasteiger charge is 2.33. The lowest BCUT2D eigenvalue weighted by Crippen LogP contribution is -2.53. The third-order valence-electron chi connectivity index (χ3n) is 5.89. The summed E-state index contributed by atoms with van der Waals surface area (Å²) in [5, 5.41) is 2.77. The molecule has 0 aliphatic carbocycles. The van der Waals surface area contributed by atoms with Crippen molar-refractivity contribution in [1.29, 1.82) is 0 Å². The second-order valence-electron chi connectivity index (χ2n) is 8.82. The number of halogens is 1. The number of carbonyl (C=O) groups excluding carboxylic acids is 2. The molecule has 3 aromatic carbocycles. The van der Waals surface area contributed by atoms with Crippen LogP contribution in [0.1, 0.15) is 23.6 Å². The van der Waals surface area contributed by atoms with Crippen molar-refractivity contribution in [1.82, 2.24) is 10.2 Å². The van der Waals surface area contributed by atoms with Gasteiger partial charge in [-0.25, -0.2) is 12.8 Å². The summed E-state index contributed by atoms with van der Waals surface area (Å²) in [4.78, 5) is 28.3. The van der Waals surface area contributed by atoms with Crippen molar-refractivity contribution in [3.8, 4) is 0 Å². The van der Waals surface area contributed by atoms with Crippen LogP contribution in [0.2, 0.25) is 0 Å². The number of likely N-dealkylation sites (N-methyl/N-ethyl adjacent to an activating group) is 1. The van der Waals surface area contributed by atoms with Gasteiger partial charge in [0, 0.05) is 25.1 Å². The lowest BCUT2D eigenvalue weighted by molar-refractivity contribution is -0.140. The molecule has 1 atom stereocenters.